The van der Waals surface area contributed by atoms with Crippen molar-refractivity contribution in [1.82, 2.24) is 0 Å². The molecule has 0 aromatic heterocycles. The van der Waals surface area contributed by atoms with Crippen LogP contribution in [0.25, 0.3) is 0 Å². The zero-order valence-electron chi connectivity index (χ0n) is 17.1. The summed E-state index contributed by atoms with van der Waals surface area (Å²) in [7, 11) is 0. The number of Topliss-reactive ketones (excluding diaryl/α,β-unsaturated/α-hetero) is 1. The van der Waals surface area contributed by atoms with E-state index in [1.165, 1.54) is 0 Å². The Kier molecular flexibility index (Phi) is 3.67. The highest BCUT2D eigenvalue weighted by Crippen LogP contribution is 2.72. The fourth-order valence-electron chi connectivity index (χ4n) is 8.06. The number of aliphatic carboxylic acids is 1. The molecule has 4 aliphatic carbocycles. The van der Waals surface area contributed by atoms with Crippen molar-refractivity contribution in [1.29, 1.82) is 0 Å². The topological polar surface area (TPSA) is 54.4 Å². The lowest BCUT2D eigenvalue weighted by Crippen LogP contribution is -2.49. The lowest BCUT2D eigenvalue weighted by Gasteiger charge is -2.56. The fraction of sp³-hybridized carbons (Fsp3) is 0.826. The second kappa shape index (κ2) is 5.23. The van der Waals surface area contributed by atoms with E-state index in [0.29, 0.717) is 5.78 Å². The molecule has 26 heavy (non-hydrogen) atoms. The molecule has 0 radical (unpaired) electrons. The van der Waals surface area contributed by atoms with Gasteiger partial charge in [0.15, 0.2) is 0 Å². The number of hydrogen-bond donors (Lipinski definition) is 1. The van der Waals surface area contributed by atoms with Crippen LogP contribution in [0.1, 0.15) is 86.0 Å². The molecule has 6 atom stereocenters. The van der Waals surface area contributed by atoms with Crippen molar-refractivity contribution in [2.24, 2.45) is 33.5 Å². The van der Waals surface area contributed by atoms with E-state index in [1.54, 1.807) is 18.1 Å². The Balaban J connectivity index is 1.81. The molecule has 3 heteroatoms. The number of ketones is 1. The lowest BCUT2D eigenvalue weighted by atomic mass is 9.48. The van der Waals surface area contributed by atoms with Gasteiger partial charge in [-0.25, -0.2) is 0 Å². The quantitative estimate of drug-likeness (QED) is 0.673. The standard InChI is InChI=1S/C23H34O3/c1-14(24)15-8-10-23(5)17-6-7-18-20(2,12-13-21(18,3)19(25)26)16(17)9-11-22(15,23)4/h15,18H,6-13H2,1-5H3,(H,25,26)/t15-,18-,20-,21-,22-,23+/m1/s1. The molecule has 0 amide bonds. The molecule has 4 aliphatic rings. The number of carbonyl (C=O) groups is 2. The van der Waals surface area contributed by atoms with Crippen LogP contribution < -0.4 is 0 Å². The van der Waals surface area contributed by atoms with E-state index in [1.807, 2.05) is 6.92 Å². The van der Waals surface area contributed by atoms with Gasteiger partial charge < -0.3 is 5.11 Å². The van der Waals surface area contributed by atoms with Crippen molar-refractivity contribution in [3.05, 3.63) is 11.1 Å². The Bertz CT molecular complexity index is 721. The van der Waals surface area contributed by atoms with Gasteiger partial charge in [-0.3, -0.25) is 9.59 Å². The summed E-state index contributed by atoms with van der Waals surface area (Å²) in [6.07, 6.45) is 8.11. The highest BCUT2D eigenvalue weighted by atomic mass is 16.4. The number of rotatable bonds is 2. The summed E-state index contributed by atoms with van der Waals surface area (Å²) in [4.78, 5) is 24.4. The third-order valence-corrected chi connectivity index (χ3v) is 9.94. The van der Waals surface area contributed by atoms with E-state index in [2.05, 4.69) is 20.8 Å². The van der Waals surface area contributed by atoms with Crippen LogP contribution in [0.5, 0.6) is 0 Å². The SMILES string of the molecule is CC(=O)[C@H]1CC[C@@]2(C)C3=C(CC[C@]12C)[C@@]1(C)CC[C@@](C)(C(=O)O)[C@@H]1CC3. The second-order valence-electron chi connectivity index (χ2n) is 10.6. The average Bonchev–Trinajstić information content (AvgIpc) is 3.00. The van der Waals surface area contributed by atoms with Gasteiger partial charge in [0.25, 0.3) is 0 Å². The molecule has 0 saturated heterocycles. The van der Waals surface area contributed by atoms with E-state index in [9.17, 15) is 14.7 Å². The highest BCUT2D eigenvalue weighted by Gasteiger charge is 2.65. The molecule has 0 aromatic carbocycles. The summed E-state index contributed by atoms with van der Waals surface area (Å²) in [5.41, 5.74) is 2.86. The molecule has 4 rings (SSSR count). The maximum absolute atomic E-state index is 12.3. The van der Waals surface area contributed by atoms with Crippen molar-refractivity contribution in [2.75, 3.05) is 0 Å². The second-order valence-corrected chi connectivity index (χ2v) is 10.6. The van der Waals surface area contributed by atoms with Gasteiger partial charge in [-0.15, -0.1) is 0 Å². The van der Waals surface area contributed by atoms with Crippen LogP contribution in [0.3, 0.4) is 0 Å². The van der Waals surface area contributed by atoms with Crippen molar-refractivity contribution in [3.63, 3.8) is 0 Å². The molecule has 144 valence electrons. The Morgan fingerprint density at radius 1 is 0.923 bits per heavy atom. The Morgan fingerprint density at radius 3 is 2.23 bits per heavy atom. The van der Waals surface area contributed by atoms with Crippen LogP contribution in [0.4, 0.5) is 0 Å². The Labute approximate surface area is 157 Å². The maximum Gasteiger partial charge on any atom is 0.309 e. The van der Waals surface area contributed by atoms with Gasteiger partial charge >= 0.3 is 5.97 Å². The van der Waals surface area contributed by atoms with Gasteiger partial charge in [0, 0.05) is 5.92 Å². The lowest BCUT2D eigenvalue weighted by molar-refractivity contribution is -0.151. The van der Waals surface area contributed by atoms with Crippen LogP contribution in [0.15, 0.2) is 11.1 Å². The predicted molar refractivity (Wildman–Crippen MR) is 102 cm³/mol. The average molecular weight is 359 g/mol. The van der Waals surface area contributed by atoms with Gasteiger partial charge in [-0.1, -0.05) is 31.9 Å². The summed E-state index contributed by atoms with van der Waals surface area (Å²) in [5, 5.41) is 9.91. The molecular formula is C23H34O3. The van der Waals surface area contributed by atoms with Gasteiger partial charge in [0.1, 0.15) is 5.78 Å². The molecule has 2 fully saturated rings. The third-order valence-electron chi connectivity index (χ3n) is 9.94. The number of carboxylic acids is 1. The van der Waals surface area contributed by atoms with Crippen LogP contribution >= 0.6 is 0 Å². The van der Waals surface area contributed by atoms with Crippen LogP contribution in [-0.4, -0.2) is 16.9 Å². The number of allylic oxidation sites excluding steroid dienone is 2. The van der Waals surface area contributed by atoms with Gasteiger partial charge in [-0.2, -0.15) is 0 Å². The molecule has 2 saturated carbocycles. The van der Waals surface area contributed by atoms with E-state index in [4.69, 9.17) is 0 Å². The first-order valence-corrected chi connectivity index (χ1v) is 10.5. The summed E-state index contributed by atoms with van der Waals surface area (Å²) in [6, 6.07) is 0. The minimum atomic E-state index is -0.611. The van der Waals surface area contributed by atoms with Crippen molar-refractivity contribution >= 4 is 11.8 Å². The maximum atomic E-state index is 12.3. The van der Waals surface area contributed by atoms with E-state index in [-0.39, 0.29) is 28.1 Å². The molecule has 0 aliphatic heterocycles. The molecule has 0 unspecified atom stereocenters. The van der Waals surface area contributed by atoms with E-state index >= 15 is 0 Å². The fourth-order valence-corrected chi connectivity index (χ4v) is 8.06. The van der Waals surface area contributed by atoms with E-state index in [0.717, 1.165) is 51.4 Å². The largest absolute Gasteiger partial charge is 0.481 e. The molecule has 0 heterocycles. The van der Waals surface area contributed by atoms with Gasteiger partial charge in [-0.05, 0) is 87.4 Å². The molecule has 0 spiro atoms. The van der Waals surface area contributed by atoms with Crippen molar-refractivity contribution in [2.45, 2.75) is 86.0 Å². The minimum absolute atomic E-state index is 0.0410. The third kappa shape index (κ3) is 1.90. The van der Waals surface area contributed by atoms with Gasteiger partial charge in [0.05, 0.1) is 5.41 Å². The minimum Gasteiger partial charge on any atom is -0.481 e. The normalized spacial score (nSPS) is 50.2. The predicted octanol–water partition coefficient (Wildman–Crippen LogP) is 5.39. The van der Waals surface area contributed by atoms with Crippen LogP contribution in [0.2, 0.25) is 0 Å². The summed E-state index contributed by atoms with van der Waals surface area (Å²) >= 11 is 0. The molecule has 1 N–H and O–H groups in total. The number of hydrogen-bond acceptors (Lipinski definition) is 2. The van der Waals surface area contributed by atoms with Crippen molar-refractivity contribution < 1.29 is 14.7 Å². The molecule has 0 aromatic rings. The molecular weight excluding hydrogens is 324 g/mol. The van der Waals surface area contributed by atoms with Crippen molar-refractivity contribution in [3.8, 4) is 0 Å². The molecule has 3 nitrogen and oxygen atoms in total. The Hall–Kier alpha value is -1.12. The van der Waals surface area contributed by atoms with Crippen LogP contribution in [-0.2, 0) is 9.59 Å². The van der Waals surface area contributed by atoms with E-state index < -0.39 is 11.4 Å². The first-order chi connectivity index (χ1) is 12.0. The number of carbonyl (C=O) groups excluding carboxylic acids is 1. The summed E-state index contributed by atoms with van der Waals surface area (Å²) in [6.45, 7) is 10.9. The van der Waals surface area contributed by atoms with Crippen LogP contribution in [0, 0.1) is 33.5 Å². The monoisotopic (exact) mass is 358 g/mol. The molecule has 0 bridgehead atoms. The zero-order valence-corrected chi connectivity index (χ0v) is 17.1. The van der Waals surface area contributed by atoms with Gasteiger partial charge in [0.2, 0.25) is 0 Å². The smallest absolute Gasteiger partial charge is 0.309 e. The first-order valence-electron chi connectivity index (χ1n) is 10.5. The summed E-state index contributed by atoms with van der Waals surface area (Å²) in [5.74, 6) is 0.197. The first kappa shape index (κ1) is 18.3. The number of carboxylic acid groups (broad SMARTS) is 1. The zero-order chi connectivity index (χ0) is 19.1. The number of fused-ring (bicyclic) bond motifs is 4. The Morgan fingerprint density at radius 2 is 1.62 bits per heavy atom. The highest BCUT2D eigenvalue weighted by molar-refractivity contribution is 5.80. The summed E-state index contributed by atoms with van der Waals surface area (Å²) < 4.78 is 0.